The maximum Gasteiger partial charge on any atom is 0.329 e. The van der Waals surface area contributed by atoms with Crippen LogP contribution in [0, 0.1) is 0 Å². The number of anilines is 1. The number of carboxylic acid groups (broad SMARTS) is 1. The van der Waals surface area contributed by atoms with Gasteiger partial charge < -0.3 is 20.5 Å². The molecule has 2 rings (SSSR count). The summed E-state index contributed by atoms with van der Waals surface area (Å²) in [5.41, 5.74) is -0.603. The summed E-state index contributed by atoms with van der Waals surface area (Å²) in [4.78, 5) is 23.1. The Labute approximate surface area is 124 Å². The first-order valence-corrected chi connectivity index (χ1v) is 6.92. The second-order valence-electron chi connectivity index (χ2n) is 4.70. The van der Waals surface area contributed by atoms with Crippen LogP contribution < -0.4 is 15.4 Å². The SMILES string of the molecule is COc1cc(Br)cc(NC(=O)NC2(C(=O)O)CCC2)c1. The van der Waals surface area contributed by atoms with Gasteiger partial charge in [0.25, 0.3) is 0 Å². The van der Waals surface area contributed by atoms with Crippen LogP contribution in [0.1, 0.15) is 19.3 Å². The lowest BCUT2D eigenvalue weighted by Crippen LogP contribution is -2.60. The number of aliphatic carboxylic acids is 1. The highest BCUT2D eigenvalue weighted by Crippen LogP contribution is 2.32. The van der Waals surface area contributed by atoms with Crippen LogP contribution in [0.3, 0.4) is 0 Å². The Bertz CT molecular complexity index is 543. The van der Waals surface area contributed by atoms with Crippen molar-refractivity contribution in [3.63, 3.8) is 0 Å². The van der Waals surface area contributed by atoms with E-state index in [2.05, 4.69) is 26.6 Å². The number of methoxy groups -OCH3 is 1. The average Bonchev–Trinajstić information content (AvgIpc) is 2.32. The molecule has 3 N–H and O–H groups in total. The number of hydrogen-bond acceptors (Lipinski definition) is 3. The lowest BCUT2D eigenvalue weighted by atomic mass is 9.77. The largest absolute Gasteiger partial charge is 0.497 e. The molecule has 0 bridgehead atoms. The van der Waals surface area contributed by atoms with E-state index in [0.717, 1.165) is 10.9 Å². The van der Waals surface area contributed by atoms with Crippen molar-refractivity contribution in [2.75, 3.05) is 12.4 Å². The molecule has 1 saturated carbocycles. The van der Waals surface area contributed by atoms with E-state index in [9.17, 15) is 9.59 Å². The Morgan fingerprint density at radius 2 is 2.05 bits per heavy atom. The van der Waals surface area contributed by atoms with Crippen LogP contribution >= 0.6 is 15.9 Å². The van der Waals surface area contributed by atoms with E-state index in [1.807, 2.05) is 0 Å². The third kappa shape index (κ3) is 3.04. The van der Waals surface area contributed by atoms with E-state index < -0.39 is 17.5 Å². The lowest BCUT2D eigenvalue weighted by molar-refractivity contribution is -0.148. The van der Waals surface area contributed by atoms with Gasteiger partial charge in [-0.3, -0.25) is 0 Å². The number of urea groups is 1. The molecule has 0 spiro atoms. The quantitative estimate of drug-likeness (QED) is 0.784. The third-order valence-corrected chi connectivity index (χ3v) is 3.79. The molecule has 0 unspecified atom stereocenters. The topological polar surface area (TPSA) is 87.7 Å². The van der Waals surface area contributed by atoms with Crippen LogP contribution in [0.15, 0.2) is 22.7 Å². The van der Waals surface area contributed by atoms with Crippen LogP contribution in [0.2, 0.25) is 0 Å². The van der Waals surface area contributed by atoms with Crippen molar-refractivity contribution in [3.05, 3.63) is 22.7 Å². The summed E-state index contributed by atoms with van der Waals surface area (Å²) in [5, 5.41) is 14.3. The Kier molecular flexibility index (Phi) is 4.17. The number of carboxylic acids is 1. The summed E-state index contributed by atoms with van der Waals surface area (Å²) in [6.45, 7) is 0. The molecule has 1 aliphatic carbocycles. The maximum absolute atomic E-state index is 11.9. The van der Waals surface area contributed by atoms with E-state index in [0.29, 0.717) is 24.3 Å². The number of carbonyl (C=O) groups is 2. The zero-order valence-electron chi connectivity index (χ0n) is 10.9. The molecule has 0 saturated heterocycles. The number of ether oxygens (including phenoxy) is 1. The number of benzene rings is 1. The normalized spacial score (nSPS) is 15.9. The van der Waals surface area contributed by atoms with Crippen molar-refractivity contribution < 1.29 is 19.4 Å². The van der Waals surface area contributed by atoms with Gasteiger partial charge in [0.2, 0.25) is 0 Å². The minimum Gasteiger partial charge on any atom is -0.497 e. The molecule has 0 heterocycles. The van der Waals surface area contributed by atoms with Crippen molar-refractivity contribution in [1.29, 1.82) is 0 Å². The van der Waals surface area contributed by atoms with Gasteiger partial charge in [0.1, 0.15) is 11.3 Å². The number of amides is 2. The Hall–Kier alpha value is -1.76. The number of nitrogens with one attached hydrogen (secondary N) is 2. The van der Waals surface area contributed by atoms with Crippen LogP contribution in [-0.2, 0) is 4.79 Å². The minimum atomic E-state index is -1.12. The molecule has 6 nitrogen and oxygen atoms in total. The van der Waals surface area contributed by atoms with E-state index in [1.54, 1.807) is 18.2 Å². The highest BCUT2D eigenvalue weighted by molar-refractivity contribution is 9.10. The smallest absolute Gasteiger partial charge is 0.329 e. The summed E-state index contributed by atoms with van der Waals surface area (Å²) in [6, 6.07) is 4.58. The zero-order valence-corrected chi connectivity index (χ0v) is 12.5. The Morgan fingerprint density at radius 1 is 1.35 bits per heavy atom. The highest BCUT2D eigenvalue weighted by Gasteiger charge is 2.45. The van der Waals surface area contributed by atoms with Crippen LogP contribution in [-0.4, -0.2) is 29.8 Å². The first-order chi connectivity index (χ1) is 9.45. The maximum atomic E-state index is 11.9. The summed E-state index contributed by atoms with van der Waals surface area (Å²) >= 11 is 3.31. The van der Waals surface area contributed by atoms with E-state index in [4.69, 9.17) is 9.84 Å². The van der Waals surface area contributed by atoms with Gasteiger partial charge in [-0.05, 0) is 31.4 Å². The predicted molar refractivity (Wildman–Crippen MR) is 77.1 cm³/mol. The van der Waals surface area contributed by atoms with Crippen LogP contribution in [0.4, 0.5) is 10.5 Å². The van der Waals surface area contributed by atoms with Crippen molar-refractivity contribution in [1.82, 2.24) is 5.32 Å². The fraction of sp³-hybridized carbons (Fsp3) is 0.385. The summed E-state index contributed by atoms with van der Waals surface area (Å²) in [7, 11) is 1.53. The van der Waals surface area contributed by atoms with Gasteiger partial charge in [-0.1, -0.05) is 15.9 Å². The number of carbonyl (C=O) groups excluding carboxylic acids is 1. The van der Waals surface area contributed by atoms with Crippen molar-refractivity contribution in [3.8, 4) is 5.75 Å². The zero-order chi connectivity index (χ0) is 14.8. The molecule has 0 radical (unpaired) electrons. The van der Waals surface area contributed by atoms with E-state index in [-0.39, 0.29) is 0 Å². The molecular weight excluding hydrogens is 328 g/mol. The summed E-state index contributed by atoms with van der Waals surface area (Å²) < 4.78 is 5.85. The fourth-order valence-electron chi connectivity index (χ4n) is 2.06. The second kappa shape index (κ2) is 5.70. The predicted octanol–water partition coefficient (Wildman–Crippen LogP) is 2.59. The molecule has 1 aliphatic rings. The third-order valence-electron chi connectivity index (χ3n) is 3.33. The molecular formula is C13H15BrN2O4. The molecule has 0 aromatic heterocycles. The van der Waals surface area contributed by atoms with Crippen molar-refractivity contribution in [2.24, 2.45) is 0 Å². The summed E-state index contributed by atoms with van der Waals surface area (Å²) in [5.74, 6) is -0.406. The van der Waals surface area contributed by atoms with Gasteiger partial charge in [-0.15, -0.1) is 0 Å². The summed E-state index contributed by atoms with van der Waals surface area (Å²) in [6.07, 6.45) is 1.71. The molecule has 0 atom stereocenters. The second-order valence-corrected chi connectivity index (χ2v) is 5.62. The molecule has 20 heavy (non-hydrogen) atoms. The van der Waals surface area contributed by atoms with Gasteiger partial charge in [0.15, 0.2) is 0 Å². The average molecular weight is 343 g/mol. The van der Waals surface area contributed by atoms with Gasteiger partial charge >= 0.3 is 12.0 Å². The minimum absolute atomic E-state index is 0.456. The van der Waals surface area contributed by atoms with Crippen molar-refractivity contribution in [2.45, 2.75) is 24.8 Å². The highest BCUT2D eigenvalue weighted by atomic mass is 79.9. The first kappa shape index (κ1) is 14.6. The molecule has 1 fully saturated rings. The number of halogens is 1. The number of rotatable bonds is 4. The van der Waals surface area contributed by atoms with E-state index >= 15 is 0 Å². The van der Waals surface area contributed by atoms with Gasteiger partial charge in [-0.2, -0.15) is 0 Å². The molecule has 1 aromatic carbocycles. The van der Waals surface area contributed by atoms with Crippen LogP contribution in [0.5, 0.6) is 5.75 Å². The molecule has 1 aromatic rings. The van der Waals surface area contributed by atoms with Crippen LogP contribution in [0.25, 0.3) is 0 Å². The lowest BCUT2D eigenvalue weighted by Gasteiger charge is -2.38. The Balaban J connectivity index is 2.05. The standard InChI is InChI=1S/C13H15BrN2O4/c1-20-10-6-8(14)5-9(7-10)15-12(19)16-13(11(17)18)3-2-4-13/h5-7H,2-4H2,1H3,(H,17,18)(H2,15,16,19). The number of hydrogen-bond donors (Lipinski definition) is 3. The van der Waals surface area contributed by atoms with E-state index in [1.165, 1.54) is 7.11 Å². The molecule has 0 aliphatic heterocycles. The van der Waals surface area contributed by atoms with Gasteiger partial charge in [-0.25, -0.2) is 9.59 Å². The molecule has 108 valence electrons. The van der Waals surface area contributed by atoms with Gasteiger partial charge in [0, 0.05) is 16.2 Å². The molecule has 2 amide bonds. The Morgan fingerprint density at radius 3 is 2.55 bits per heavy atom. The van der Waals surface area contributed by atoms with Crippen molar-refractivity contribution >= 4 is 33.6 Å². The fourth-order valence-corrected chi connectivity index (χ4v) is 2.53. The molecule has 7 heteroatoms. The first-order valence-electron chi connectivity index (χ1n) is 6.12. The van der Waals surface area contributed by atoms with Gasteiger partial charge in [0.05, 0.1) is 7.11 Å². The monoisotopic (exact) mass is 342 g/mol.